The highest BCUT2D eigenvalue weighted by Crippen LogP contribution is 2.30. The smallest absolute Gasteiger partial charge is 0.320 e. The lowest BCUT2D eigenvalue weighted by Gasteiger charge is -2.13. The molecule has 0 aliphatic carbocycles. The van der Waals surface area contributed by atoms with E-state index >= 15 is 0 Å². The molecule has 150 valence electrons. The summed E-state index contributed by atoms with van der Waals surface area (Å²) >= 11 is 0. The molecule has 2 aromatic carbocycles. The molecule has 3 aromatic rings. The average molecular weight is 409 g/mol. The molecule has 1 amide bonds. The number of aromatic nitrogens is 2. The fourth-order valence-corrected chi connectivity index (χ4v) is 2.60. The summed E-state index contributed by atoms with van der Waals surface area (Å²) in [4.78, 5) is 24.5. The third kappa shape index (κ3) is 4.48. The van der Waals surface area contributed by atoms with Crippen LogP contribution < -0.4 is 10.7 Å². The molecule has 0 saturated carbocycles. The standard InChI is InChI=1S/C19H12F5N3O2/c1-10-5-16(28)17(18(29)25-14-8-12(20)7-13(21)9-14)26-27(10)15-4-2-3-11(6-15)19(22,23)24/h2-9H,1H3,(H,25,29). The first-order chi connectivity index (χ1) is 13.5. The molecular weight excluding hydrogens is 397 g/mol. The summed E-state index contributed by atoms with van der Waals surface area (Å²) in [6, 6.07) is 7.45. The Hall–Kier alpha value is -3.56. The Morgan fingerprint density at radius 1 is 1.03 bits per heavy atom. The van der Waals surface area contributed by atoms with Crippen LogP contribution in [0.15, 0.2) is 53.3 Å². The number of aryl methyl sites for hydroxylation is 1. The van der Waals surface area contributed by atoms with E-state index in [2.05, 4.69) is 10.4 Å². The van der Waals surface area contributed by atoms with Gasteiger partial charge < -0.3 is 5.32 Å². The summed E-state index contributed by atoms with van der Waals surface area (Å²) in [5.74, 6) is -2.96. The monoisotopic (exact) mass is 409 g/mol. The summed E-state index contributed by atoms with van der Waals surface area (Å²) in [6.07, 6.45) is -4.59. The number of nitrogens with zero attached hydrogens (tertiary/aromatic N) is 2. The van der Waals surface area contributed by atoms with E-state index in [-0.39, 0.29) is 17.1 Å². The van der Waals surface area contributed by atoms with E-state index in [4.69, 9.17) is 0 Å². The van der Waals surface area contributed by atoms with Crippen LogP contribution in [-0.4, -0.2) is 15.7 Å². The number of amides is 1. The molecule has 1 heterocycles. The van der Waals surface area contributed by atoms with Crippen molar-refractivity contribution in [2.45, 2.75) is 13.1 Å². The molecule has 1 aromatic heterocycles. The van der Waals surface area contributed by atoms with Crippen molar-refractivity contribution in [1.82, 2.24) is 9.78 Å². The van der Waals surface area contributed by atoms with Crippen LogP contribution in [0.1, 0.15) is 21.7 Å². The van der Waals surface area contributed by atoms with E-state index in [9.17, 15) is 31.5 Å². The normalized spacial score (nSPS) is 11.4. The predicted molar refractivity (Wildman–Crippen MR) is 93.9 cm³/mol. The Labute approximate surface area is 160 Å². The van der Waals surface area contributed by atoms with Gasteiger partial charge in [-0.05, 0) is 37.3 Å². The van der Waals surface area contributed by atoms with Gasteiger partial charge in [-0.3, -0.25) is 9.59 Å². The molecule has 0 bridgehead atoms. The third-order valence-corrected chi connectivity index (χ3v) is 3.86. The SMILES string of the molecule is Cc1cc(=O)c(C(=O)Nc2cc(F)cc(F)c2)nn1-c1cccc(C(F)(F)F)c1. The van der Waals surface area contributed by atoms with Crippen LogP contribution in [0.25, 0.3) is 5.69 Å². The number of carbonyl (C=O) groups excluding carboxylic acids is 1. The Kier molecular flexibility index (Phi) is 5.19. The number of benzene rings is 2. The second kappa shape index (κ2) is 7.46. The Morgan fingerprint density at radius 2 is 1.69 bits per heavy atom. The maximum Gasteiger partial charge on any atom is 0.416 e. The highest BCUT2D eigenvalue weighted by Gasteiger charge is 2.30. The lowest BCUT2D eigenvalue weighted by atomic mass is 10.2. The van der Waals surface area contributed by atoms with E-state index in [0.717, 1.165) is 41.1 Å². The topological polar surface area (TPSA) is 64.0 Å². The molecule has 29 heavy (non-hydrogen) atoms. The van der Waals surface area contributed by atoms with Crippen molar-refractivity contribution in [3.05, 3.63) is 87.3 Å². The molecule has 5 nitrogen and oxygen atoms in total. The number of alkyl halides is 3. The van der Waals surface area contributed by atoms with Crippen molar-refractivity contribution < 1.29 is 26.7 Å². The van der Waals surface area contributed by atoms with Crippen LogP contribution in [0.3, 0.4) is 0 Å². The van der Waals surface area contributed by atoms with Gasteiger partial charge in [0.25, 0.3) is 5.91 Å². The molecule has 0 spiro atoms. The van der Waals surface area contributed by atoms with Crippen molar-refractivity contribution >= 4 is 11.6 Å². The van der Waals surface area contributed by atoms with Crippen molar-refractivity contribution in [1.29, 1.82) is 0 Å². The van der Waals surface area contributed by atoms with E-state index in [1.807, 2.05) is 0 Å². The summed E-state index contributed by atoms with van der Waals surface area (Å²) in [7, 11) is 0. The molecule has 0 atom stereocenters. The Bertz CT molecular complexity index is 1140. The molecule has 0 unspecified atom stereocenters. The summed E-state index contributed by atoms with van der Waals surface area (Å²) in [5, 5.41) is 5.98. The van der Waals surface area contributed by atoms with Crippen molar-refractivity contribution in [3.8, 4) is 5.69 Å². The van der Waals surface area contributed by atoms with Crippen LogP contribution in [0.2, 0.25) is 0 Å². The van der Waals surface area contributed by atoms with Gasteiger partial charge in [-0.15, -0.1) is 0 Å². The second-order valence-corrected chi connectivity index (χ2v) is 6.07. The molecule has 0 saturated heterocycles. The summed E-state index contributed by atoms with van der Waals surface area (Å²) < 4.78 is 66.4. The fourth-order valence-electron chi connectivity index (χ4n) is 2.60. The maximum atomic E-state index is 13.3. The molecule has 0 radical (unpaired) electrons. The molecule has 3 rings (SSSR count). The number of nitrogens with one attached hydrogen (secondary N) is 1. The van der Waals surface area contributed by atoms with Gasteiger partial charge in [-0.25, -0.2) is 13.5 Å². The second-order valence-electron chi connectivity index (χ2n) is 6.07. The highest BCUT2D eigenvalue weighted by atomic mass is 19.4. The van der Waals surface area contributed by atoms with Crippen LogP contribution in [0.4, 0.5) is 27.6 Å². The van der Waals surface area contributed by atoms with Gasteiger partial charge in [0.1, 0.15) is 11.6 Å². The zero-order chi connectivity index (χ0) is 21.3. The number of hydrogen-bond acceptors (Lipinski definition) is 3. The number of hydrogen-bond donors (Lipinski definition) is 1. The van der Waals surface area contributed by atoms with E-state index < -0.39 is 40.4 Å². The number of rotatable bonds is 3. The minimum Gasteiger partial charge on any atom is -0.320 e. The first-order valence-corrected chi connectivity index (χ1v) is 8.10. The molecular formula is C19H12F5N3O2. The van der Waals surface area contributed by atoms with Crippen LogP contribution in [-0.2, 0) is 6.18 Å². The quantitative estimate of drug-likeness (QED) is 0.663. The Morgan fingerprint density at radius 3 is 2.31 bits per heavy atom. The van der Waals surface area contributed by atoms with Gasteiger partial charge in [0.15, 0.2) is 5.69 Å². The first-order valence-electron chi connectivity index (χ1n) is 8.10. The molecule has 0 fully saturated rings. The van der Waals surface area contributed by atoms with Gasteiger partial charge in [0.05, 0.1) is 11.3 Å². The lowest BCUT2D eigenvalue weighted by molar-refractivity contribution is -0.137. The van der Waals surface area contributed by atoms with E-state index in [1.54, 1.807) is 0 Å². The largest absolute Gasteiger partial charge is 0.416 e. The molecule has 0 aliphatic rings. The van der Waals surface area contributed by atoms with Gasteiger partial charge in [0.2, 0.25) is 5.43 Å². The average Bonchev–Trinajstić information content (AvgIpc) is 2.60. The van der Waals surface area contributed by atoms with Crippen LogP contribution in [0, 0.1) is 18.6 Å². The zero-order valence-corrected chi connectivity index (χ0v) is 14.7. The van der Waals surface area contributed by atoms with E-state index in [1.165, 1.54) is 13.0 Å². The van der Waals surface area contributed by atoms with Crippen LogP contribution >= 0.6 is 0 Å². The molecule has 10 heteroatoms. The third-order valence-electron chi connectivity index (χ3n) is 3.86. The van der Waals surface area contributed by atoms with Gasteiger partial charge in [-0.1, -0.05) is 6.07 Å². The lowest BCUT2D eigenvalue weighted by Crippen LogP contribution is -2.27. The molecule has 1 N–H and O–H groups in total. The van der Waals surface area contributed by atoms with Gasteiger partial charge in [0, 0.05) is 23.5 Å². The van der Waals surface area contributed by atoms with Gasteiger partial charge in [-0.2, -0.15) is 18.3 Å². The summed E-state index contributed by atoms with van der Waals surface area (Å²) in [5.41, 5.74) is -2.49. The summed E-state index contributed by atoms with van der Waals surface area (Å²) in [6.45, 7) is 1.43. The van der Waals surface area contributed by atoms with Crippen LogP contribution in [0.5, 0.6) is 0 Å². The predicted octanol–water partition coefficient (Wildman–Crippen LogP) is 4.09. The molecule has 0 aliphatic heterocycles. The first kappa shape index (κ1) is 20.2. The van der Waals surface area contributed by atoms with E-state index in [0.29, 0.717) is 6.07 Å². The highest BCUT2D eigenvalue weighted by molar-refractivity contribution is 6.02. The van der Waals surface area contributed by atoms with Crippen molar-refractivity contribution in [2.75, 3.05) is 5.32 Å². The van der Waals surface area contributed by atoms with Crippen molar-refractivity contribution in [3.63, 3.8) is 0 Å². The fraction of sp³-hybridized carbons (Fsp3) is 0.105. The Balaban J connectivity index is 2.02. The minimum atomic E-state index is -4.59. The number of halogens is 5. The zero-order valence-electron chi connectivity index (χ0n) is 14.7. The number of carbonyl (C=O) groups is 1. The maximum absolute atomic E-state index is 13.3. The minimum absolute atomic E-state index is 0.0248. The van der Waals surface area contributed by atoms with Crippen molar-refractivity contribution in [2.24, 2.45) is 0 Å². The number of anilines is 1. The van der Waals surface area contributed by atoms with Gasteiger partial charge >= 0.3 is 6.18 Å².